The molecule has 1 heterocycles. The second-order valence-corrected chi connectivity index (χ2v) is 4.92. The van der Waals surface area contributed by atoms with Crippen LogP contribution in [0, 0.1) is 6.92 Å². The highest BCUT2D eigenvalue weighted by Gasteiger charge is 2.11. The summed E-state index contributed by atoms with van der Waals surface area (Å²) in [4.78, 5) is 6.77. The molecule has 104 valence electrons. The van der Waals surface area contributed by atoms with Crippen molar-refractivity contribution in [1.82, 2.24) is 9.88 Å². The summed E-state index contributed by atoms with van der Waals surface area (Å²) in [6.45, 7) is 4.24. The van der Waals surface area contributed by atoms with Crippen LogP contribution in [0.25, 0.3) is 10.9 Å². The normalized spacial score (nSPS) is 10.8. The third-order valence-electron chi connectivity index (χ3n) is 3.08. The Morgan fingerprint density at radius 2 is 2.00 bits per heavy atom. The number of fused-ring (bicyclic) bond motifs is 1. The minimum Gasteiger partial charge on any atom is -0.329 e. The molecule has 1 aromatic heterocycles. The lowest BCUT2D eigenvalue weighted by Crippen LogP contribution is -2.25. The Balaban J connectivity index is 0.00000180. The van der Waals surface area contributed by atoms with E-state index in [0.717, 1.165) is 40.3 Å². The minimum atomic E-state index is 0. The topological polar surface area (TPSA) is 42.1 Å². The van der Waals surface area contributed by atoms with E-state index in [1.807, 2.05) is 32.2 Å². The van der Waals surface area contributed by atoms with Gasteiger partial charge in [0.15, 0.2) is 0 Å². The summed E-state index contributed by atoms with van der Waals surface area (Å²) in [5.41, 5.74) is 8.56. The van der Waals surface area contributed by atoms with Crippen molar-refractivity contribution in [2.24, 2.45) is 5.73 Å². The molecule has 0 fully saturated rings. The predicted octanol–water partition coefficient (Wildman–Crippen LogP) is 3.01. The SMILES string of the molecule is Cc1c(Cl)c(CN(C)CCN)nc2ccccc12.Cl. The molecule has 0 aliphatic heterocycles. The number of aryl methyl sites for hydroxylation is 1. The lowest BCUT2D eigenvalue weighted by atomic mass is 10.1. The smallest absolute Gasteiger partial charge is 0.0740 e. The van der Waals surface area contributed by atoms with Crippen molar-refractivity contribution < 1.29 is 0 Å². The average molecular weight is 300 g/mol. The van der Waals surface area contributed by atoms with Crippen molar-refractivity contribution in [3.63, 3.8) is 0 Å². The van der Waals surface area contributed by atoms with Gasteiger partial charge in [-0.1, -0.05) is 29.8 Å². The van der Waals surface area contributed by atoms with Gasteiger partial charge in [-0.2, -0.15) is 0 Å². The van der Waals surface area contributed by atoms with E-state index in [9.17, 15) is 0 Å². The first-order valence-corrected chi connectivity index (χ1v) is 6.43. The van der Waals surface area contributed by atoms with Crippen molar-refractivity contribution in [2.45, 2.75) is 13.5 Å². The molecule has 2 rings (SSSR count). The Morgan fingerprint density at radius 1 is 1.32 bits per heavy atom. The first-order chi connectivity index (χ1) is 8.63. The van der Waals surface area contributed by atoms with Crippen LogP contribution in [0.5, 0.6) is 0 Å². The fourth-order valence-electron chi connectivity index (χ4n) is 2.08. The molecule has 0 aliphatic carbocycles. The molecule has 0 unspecified atom stereocenters. The molecule has 0 radical (unpaired) electrons. The number of pyridine rings is 1. The molecular formula is C14H19Cl2N3. The minimum absolute atomic E-state index is 0. The van der Waals surface area contributed by atoms with Crippen LogP contribution in [0.2, 0.25) is 5.02 Å². The summed E-state index contributed by atoms with van der Waals surface area (Å²) >= 11 is 6.40. The molecule has 1 aromatic carbocycles. The maximum absolute atomic E-state index is 6.40. The highest BCUT2D eigenvalue weighted by Crippen LogP contribution is 2.27. The first-order valence-electron chi connectivity index (χ1n) is 6.06. The molecule has 2 aromatic rings. The maximum atomic E-state index is 6.40. The molecule has 0 saturated carbocycles. The molecule has 0 aliphatic rings. The van der Waals surface area contributed by atoms with Crippen LogP contribution in [-0.4, -0.2) is 30.0 Å². The zero-order chi connectivity index (χ0) is 13.1. The van der Waals surface area contributed by atoms with E-state index in [2.05, 4.69) is 16.0 Å². The van der Waals surface area contributed by atoms with Gasteiger partial charge in [0.25, 0.3) is 0 Å². The van der Waals surface area contributed by atoms with Crippen molar-refractivity contribution in [3.05, 3.63) is 40.5 Å². The van der Waals surface area contributed by atoms with Crippen LogP contribution in [-0.2, 0) is 6.54 Å². The maximum Gasteiger partial charge on any atom is 0.0740 e. The fraction of sp³-hybridized carbons (Fsp3) is 0.357. The number of halogens is 2. The Labute approximate surface area is 125 Å². The van der Waals surface area contributed by atoms with Gasteiger partial charge in [-0.3, -0.25) is 4.90 Å². The third kappa shape index (κ3) is 3.57. The molecule has 2 N–H and O–H groups in total. The number of nitrogens with zero attached hydrogens (tertiary/aromatic N) is 2. The van der Waals surface area contributed by atoms with Crippen LogP contribution in [0.15, 0.2) is 24.3 Å². The van der Waals surface area contributed by atoms with E-state index in [1.165, 1.54) is 0 Å². The van der Waals surface area contributed by atoms with E-state index in [4.69, 9.17) is 17.3 Å². The number of rotatable bonds is 4. The molecule has 0 bridgehead atoms. The van der Waals surface area contributed by atoms with Crippen LogP contribution < -0.4 is 5.73 Å². The van der Waals surface area contributed by atoms with Crippen molar-refractivity contribution in [1.29, 1.82) is 0 Å². The average Bonchev–Trinajstić information content (AvgIpc) is 2.36. The zero-order valence-electron chi connectivity index (χ0n) is 11.2. The largest absolute Gasteiger partial charge is 0.329 e. The van der Waals surface area contributed by atoms with Gasteiger partial charge in [0, 0.05) is 25.0 Å². The predicted molar refractivity (Wildman–Crippen MR) is 84.1 cm³/mol. The van der Waals surface area contributed by atoms with Crippen LogP contribution in [0.1, 0.15) is 11.3 Å². The van der Waals surface area contributed by atoms with E-state index in [-0.39, 0.29) is 12.4 Å². The van der Waals surface area contributed by atoms with Crippen LogP contribution >= 0.6 is 24.0 Å². The molecule has 19 heavy (non-hydrogen) atoms. The van der Waals surface area contributed by atoms with Gasteiger partial charge in [-0.25, -0.2) is 4.98 Å². The summed E-state index contributed by atoms with van der Waals surface area (Å²) in [5.74, 6) is 0. The summed E-state index contributed by atoms with van der Waals surface area (Å²) in [6.07, 6.45) is 0. The van der Waals surface area contributed by atoms with Gasteiger partial charge < -0.3 is 5.73 Å². The van der Waals surface area contributed by atoms with Gasteiger partial charge in [0.1, 0.15) is 0 Å². The Bertz CT molecular complexity index is 558. The quantitative estimate of drug-likeness (QED) is 0.944. The highest BCUT2D eigenvalue weighted by molar-refractivity contribution is 6.32. The third-order valence-corrected chi connectivity index (χ3v) is 3.58. The van der Waals surface area contributed by atoms with Crippen molar-refractivity contribution in [2.75, 3.05) is 20.1 Å². The lowest BCUT2D eigenvalue weighted by molar-refractivity contribution is 0.332. The zero-order valence-corrected chi connectivity index (χ0v) is 12.8. The second kappa shape index (κ2) is 7.06. The van der Waals surface area contributed by atoms with Crippen molar-refractivity contribution in [3.8, 4) is 0 Å². The first kappa shape index (κ1) is 16.2. The van der Waals surface area contributed by atoms with E-state index < -0.39 is 0 Å². The number of nitrogens with two attached hydrogens (primary N) is 1. The molecular weight excluding hydrogens is 281 g/mol. The summed E-state index contributed by atoms with van der Waals surface area (Å²) in [5, 5.41) is 1.88. The second-order valence-electron chi connectivity index (χ2n) is 4.54. The van der Waals surface area contributed by atoms with Gasteiger partial charge in [-0.05, 0) is 25.6 Å². The van der Waals surface area contributed by atoms with Crippen LogP contribution in [0.4, 0.5) is 0 Å². The van der Waals surface area contributed by atoms with E-state index >= 15 is 0 Å². The number of benzene rings is 1. The van der Waals surface area contributed by atoms with E-state index in [0.29, 0.717) is 6.54 Å². The summed E-state index contributed by atoms with van der Waals surface area (Å²) in [7, 11) is 2.02. The van der Waals surface area contributed by atoms with Gasteiger partial charge in [0.2, 0.25) is 0 Å². The van der Waals surface area contributed by atoms with Crippen molar-refractivity contribution >= 4 is 34.9 Å². The molecule has 0 spiro atoms. The molecule has 0 amide bonds. The fourth-order valence-corrected chi connectivity index (χ4v) is 2.28. The number of hydrogen-bond acceptors (Lipinski definition) is 3. The monoisotopic (exact) mass is 299 g/mol. The summed E-state index contributed by atoms with van der Waals surface area (Å²) in [6, 6.07) is 8.08. The summed E-state index contributed by atoms with van der Waals surface area (Å²) < 4.78 is 0. The molecule has 3 nitrogen and oxygen atoms in total. The van der Waals surface area contributed by atoms with Gasteiger partial charge in [-0.15, -0.1) is 12.4 Å². The van der Waals surface area contributed by atoms with Gasteiger partial charge >= 0.3 is 0 Å². The molecule has 5 heteroatoms. The number of hydrogen-bond donors (Lipinski definition) is 1. The number of para-hydroxylation sites is 1. The van der Waals surface area contributed by atoms with Crippen LogP contribution in [0.3, 0.4) is 0 Å². The number of aromatic nitrogens is 1. The van der Waals surface area contributed by atoms with E-state index in [1.54, 1.807) is 0 Å². The molecule has 0 saturated heterocycles. The van der Waals surface area contributed by atoms with Gasteiger partial charge in [0.05, 0.1) is 16.2 Å². The highest BCUT2D eigenvalue weighted by atomic mass is 35.5. The number of likely N-dealkylation sites (N-methyl/N-ethyl adjacent to an activating group) is 1. The lowest BCUT2D eigenvalue weighted by Gasteiger charge is -2.17. The Kier molecular flexibility index (Phi) is 6.01. The standard InChI is InChI=1S/C14H18ClN3.ClH/c1-10-11-5-3-4-6-12(11)17-13(14(10)15)9-18(2)8-7-16;/h3-6H,7-9,16H2,1-2H3;1H. The molecule has 0 atom stereocenters. The Hall–Kier alpha value is -0.870. The Morgan fingerprint density at radius 3 is 2.68 bits per heavy atom.